The molecular weight excluding hydrogens is 549 g/mol. The van der Waals surface area contributed by atoms with Crippen LogP contribution in [-0.2, 0) is 11.0 Å². The molecule has 0 saturated heterocycles. The first-order chi connectivity index (χ1) is 21.1. The molecule has 2 aromatic heterocycles. The van der Waals surface area contributed by atoms with Crippen LogP contribution in [0.2, 0.25) is 0 Å². The van der Waals surface area contributed by atoms with Crippen molar-refractivity contribution in [2.75, 3.05) is 0 Å². The summed E-state index contributed by atoms with van der Waals surface area (Å²) < 4.78 is 17.6. The van der Waals surface area contributed by atoms with Gasteiger partial charge >= 0.3 is 0 Å². The van der Waals surface area contributed by atoms with E-state index in [4.69, 9.17) is 19.9 Å². The van der Waals surface area contributed by atoms with Gasteiger partial charge in [-0.15, -0.1) is 0 Å². The molecule has 7 heteroatoms. The van der Waals surface area contributed by atoms with E-state index in [0.29, 0.717) is 17.5 Å². The molecule has 1 unspecified atom stereocenters. The van der Waals surface area contributed by atoms with Crippen LogP contribution < -0.4 is 15.9 Å². The Morgan fingerprint density at radius 3 is 1.77 bits per heavy atom. The molecule has 0 N–H and O–H groups in total. The van der Waals surface area contributed by atoms with E-state index in [-0.39, 0.29) is 0 Å². The van der Waals surface area contributed by atoms with E-state index in [1.165, 1.54) is 0 Å². The summed E-state index contributed by atoms with van der Waals surface area (Å²) in [4.78, 5) is 19.7. The molecule has 0 aliphatic carbocycles. The lowest BCUT2D eigenvalue weighted by Crippen LogP contribution is -2.33. The van der Waals surface area contributed by atoms with E-state index in [0.717, 1.165) is 61.6 Å². The highest BCUT2D eigenvalue weighted by Gasteiger charge is 2.39. The van der Waals surface area contributed by atoms with Gasteiger partial charge in [0, 0.05) is 39.0 Å². The highest BCUT2D eigenvalue weighted by Crippen LogP contribution is 2.49. The lowest BCUT2D eigenvalue weighted by molar-refractivity contribution is 0.592. The van der Waals surface area contributed by atoms with E-state index >= 15 is 4.57 Å². The number of hydrogen-bond donors (Lipinski definition) is 0. The van der Waals surface area contributed by atoms with Crippen molar-refractivity contribution in [1.29, 1.82) is 0 Å². The van der Waals surface area contributed by atoms with Crippen LogP contribution in [0.1, 0.15) is 12.7 Å². The van der Waals surface area contributed by atoms with Gasteiger partial charge in [0.25, 0.3) is 0 Å². The van der Waals surface area contributed by atoms with Gasteiger partial charge in [-0.25, -0.2) is 19.9 Å². The van der Waals surface area contributed by atoms with Crippen molar-refractivity contribution in [1.82, 2.24) is 24.5 Å². The predicted octanol–water partition coefficient (Wildman–Crippen LogP) is 6.73. The minimum atomic E-state index is -3.20. The minimum absolute atomic E-state index is 0.554. The third kappa shape index (κ3) is 3.98. The number of aryl methyl sites for hydroxylation is 1. The zero-order valence-electron chi connectivity index (χ0n) is 23.4. The number of aromatic nitrogens is 5. The lowest BCUT2D eigenvalue weighted by Gasteiger charge is -2.29. The number of para-hydroxylation sites is 1. The quantitative estimate of drug-likeness (QED) is 0.213. The molecule has 0 bridgehead atoms. The summed E-state index contributed by atoms with van der Waals surface area (Å²) in [7, 11) is -3.20. The van der Waals surface area contributed by atoms with Crippen LogP contribution in [0.15, 0.2) is 127 Å². The number of rotatable bonds is 5. The van der Waals surface area contributed by atoms with Crippen molar-refractivity contribution in [2.45, 2.75) is 13.3 Å². The molecular formula is C36H26N5OP. The molecule has 5 aromatic carbocycles. The van der Waals surface area contributed by atoms with Crippen molar-refractivity contribution >= 4 is 34.1 Å². The van der Waals surface area contributed by atoms with Gasteiger partial charge in [-0.05, 0) is 24.3 Å². The molecule has 0 radical (unpaired) electrons. The molecule has 206 valence electrons. The smallest absolute Gasteiger partial charge is 0.175 e. The molecule has 0 spiro atoms. The largest absolute Gasteiger partial charge is 0.308 e. The molecule has 0 amide bonds. The second-order valence-electron chi connectivity index (χ2n) is 10.5. The zero-order chi connectivity index (χ0) is 29.0. The average Bonchev–Trinajstić information content (AvgIpc) is 3.47. The van der Waals surface area contributed by atoms with Gasteiger partial charge in [0.1, 0.15) is 5.82 Å². The highest BCUT2D eigenvalue weighted by atomic mass is 31.2. The Labute approximate surface area is 249 Å². The molecule has 1 aliphatic rings. The van der Waals surface area contributed by atoms with Gasteiger partial charge in [0.05, 0.1) is 16.7 Å². The molecule has 3 heterocycles. The summed E-state index contributed by atoms with van der Waals surface area (Å²) in [6, 6.07) is 41.7. The first kappa shape index (κ1) is 25.5. The first-order valence-corrected chi connectivity index (χ1v) is 16.0. The van der Waals surface area contributed by atoms with E-state index < -0.39 is 7.14 Å². The van der Waals surface area contributed by atoms with E-state index in [2.05, 4.69) is 17.6 Å². The van der Waals surface area contributed by atoms with Crippen LogP contribution in [0, 0.1) is 0 Å². The fourth-order valence-corrected chi connectivity index (χ4v) is 8.99. The van der Waals surface area contributed by atoms with Gasteiger partial charge in [0.15, 0.2) is 24.6 Å². The van der Waals surface area contributed by atoms with Gasteiger partial charge < -0.3 is 4.57 Å². The zero-order valence-corrected chi connectivity index (χ0v) is 24.3. The molecule has 7 aromatic rings. The Morgan fingerprint density at radius 1 is 0.581 bits per heavy atom. The second-order valence-corrected chi connectivity index (χ2v) is 13.2. The third-order valence-corrected chi connectivity index (χ3v) is 11.1. The summed E-state index contributed by atoms with van der Waals surface area (Å²) in [5.74, 6) is 2.67. The Balaban J connectivity index is 1.41. The maximum atomic E-state index is 15.4. The van der Waals surface area contributed by atoms with Gasteiger partial charge in [-0.3, -0.25) is 4.57 Å². The van der Waals surface area contributed by atoms with Gasteiger partial charge in [0.2, 0.25) is 0 Å². The van der Waals surface area contributed by atoms with Crippen molar-refractivity contribution < 1.29 is 4.57 Å². The number of fused-ring (bicyclic) bond motifs is 2. The fourth-order valence-electron chi connectivity index (χ4n) is 6.00. The van der Waals surface area contributed by atoms with Crippen LogP contribution in [0.5, 0.6) is 0 Å². The van der Waals surface area contributed by atoms with Crippen molar-refractivity contribution in [3.05, 3.63) is 133 Å². The lowest BCUT2D eigenvalue weighted by atomic mass is 10.1. The number of imidazole rings is 1. The van der Waals surface area contributed by atoms with Crippen molar-refractivity contribution in [2.24, 2.45) is 0 Å². The van der Waals surface area contributed by atoms with Crippen LogP contribution in [0.3, 0.4) is 0 Å². The number of hydrogen-bond acceptors (Lipinski definition) is 5. The fraction of sp³-hybridized carbons (Fsp3) is 0.0556. The monoisotopic (exact) mass is 575 g/mol. The van der Waals surface area contributed by atoms with Gasteiger partial charge in [-0.2, -0.15) is 0 Å². The summed E-state index contributed by atoms with van der Waals surface area (Å²) in [6.45, 7) is 2.10. The van der Waals surface area contributed by atoms with Crippen LogP contribution in [-0.4, -0.2) is 24.5 Å². The van der Waals surface area contributed by atoms with Crippen LogP contribution in [0.25, 0.3) is 50.9 Å². The van der Waals surface area contributed by atoms with E-state index in [9.17, 15) is 0 Å². The minimum Gasteiger partial charge on any atom is -0.308 e. The Hall–Kier alpha value is -5.19. The highest BCUT2D eigenvalue weighted by molar-refractivity contribution is 7.86. The van der Waals surface area contributed by atoms with Crippen LogP contribution >= 0.6 is 7.14 Å². The molecule has 0 saturated carbocycles. The number of nitrogens with zero attached hydrogens (tertiary/aromatic N) is 5. The standard InChI is InChI=1S/C36H26N5OP/c1-2-32-37-28-19-12-20-31-33(28)41(32)29-23-26(21-22-30(29)43(31,42)27-17-10-5-11-18-27)36-39-34(24-13-6-3-7-14-24)38-35(40-36)25-15-8-4-9-16-25/h3-23H,2H2,1H3. The van der Waals surface area contributed by atoms with E-state index in [1.54, 1.807) is 0 Å². The topological polar surface area (TPSA) is 73.6 Å². The molecule has 43 heavy (non-hydrogen) atoms. The van der Waals surface area contributed by atoms with Gasteiger partial charge in [-0.1, -0.05) is 110 Å². The van der Waals surface area contributed by atoms with E-state index in [1.807, 2.05) is 121 Å². The summed E-state index contributed by atoms with van der Waals surface area (Å²) in [6.07, 6.45) is 0.732. The number of benzene rings is 5. The van der Waals surface area contributed by atoms with Crippen LogP contribution in [0.4, 0.5) is 0 Å². The molecule has 0 fully saturated rings. The summed E-state index contributed by atoms with van der Waals surface area (Å²) >= 11 is 0. The molecule has 1 atom stereocenters. The summed E-state index contributed by atoms with van der Waals surface area (Å²) in [5, 5.41) is 2.41. The summed E-state index contributed by atoms with van der Waals surface area (Å²) in [5.41, 5.74) is 5.24. The molecule has 8 rings (SSSR count). The Bertz CT molecular complexity index is 2140. The Kier molecular flexibility index (Phi) is 5.92. The second kappa shape index (κ2) is 9.97. The maximum absolute atomic E-state index is 15.4. The Morgan fingerprint density at radius 2 is 1.16 bits per heavy atom. The molecule has 1 aliphatic heterocycles. The van der Waals surface area contributed by atoms with Crippen molar-refractivity contribution in [3.63, 3.8) is 0 Å². The molecule has 6 nitrogen and oxygen atoms in total. The first-order valence-electron chi connectivity index (χ1n) is 14.3. The maximum Gasteiger partial charge on any atom is 0.175 e. The SMILES string of the molecule is CCc1nc2cccc3c2n1-c1cc(-c2nc(-c4ccccc4)nc(-c4ccccc4)n2)ccc1P3(=O)c1ccccc1. The average molecular weight is 576 g/mol. The third-order valence-electron chi connectivity index (χ3n) is 8.01. The normalized spacial score (nSPS) is 15.4. The van der Waals surface area contributed by atoms with Crippen molar-refractivity contribution in [3.8, 4) is 39.9 Å². The predicted molar refractivity (Wildman–Crippen MR) is 173 cm³/mol.